The fraction of sp³-hybridized carbons (Fsp3) is 0.500. The van der Waals surface area contributed by atoms with Gasteiger partial charge < -0.3 is 21.7 Å². The molecular formula is C8H18N2O8S2. The van der Waals surface area contributed by atoms with E-state index in [1.54, 1.807) is 0 Å². The van der Waals surface area contributed by atoms with Crippen molar-refractivity contribution in [1.82, 2.24) is 0 Å². The quantitative estimate of drug-likeness (QED) is 0.306. The largest absolute Gasteiger partial charge is 0.508 e. The third-order valence-corrected chi connectivity index (χ3v) is 4.46. The van der Waals surface area contributed by atoms with Crippen LogP contribution in [0.4, 0.5) is 0 Å². The van der Waals surface area contributed by atoms with Gasteiger partial charge in [0.25, 0.3) is 10.1 Å². The second kappa shape index (κ2) is 7.68. The second-order valence-corrected chi connectivity index (χ2v) is 6.23. The maximum atomic E-state index is 10.8. The van der Waals surface area contributed by atoms with Gasteiger partial charge in [0, 0.05) is 0 Å². The number of aliphatic hydroxyl groups is 2. The van der Waals surface area contributed by atoms with Crippen LogP contribution < -0.4 is 11.5 Å². The van der Waals surface area contributed by atoms with Crippen LogP contribution in [0.2, 0.25) is 0 Å². The van der Waals surface area contributed by atoms with Crippen molar-refractivity contribution in [3.8, 4) is 0 Å². The van der Waals surface area contributed by atoms with E-state index in [2.05, 4.69) is 11.5 Å². The minimum atomic E-state index is -5.21. The molecule has 8 N–H and O–H groups in total. The molecule has 10 nitrogen and oxygen atoms in total. The summed E-state index contributed by atoms with van der Waals surface area (Å²) in [4.78, 5) is -3.23. The van der Waals surface area contributed by atoms with Gasteiger partial charge in [-0.25, -0.2) is 0 Å². The van der Waals surface area contributed by atoms with Gasteiger partial charge in [-0.2, -0.15) is 16.8 Å². The summed E-state index contributed by atoms with van der Waals surface area (Å²) < 4.78 is 60.7. The molecule has 1 rings (SSSR count). The molecule has 0 aliphatic heterocycles. The molecular weight excluding hydrogens is 316 g/mol. The molecule has 0 saturated heterocycles. The molecule has 0 radical (unpaired) electrons. The van der Waals surface area contributed by atoms with Crippen LogP contribution in [0.25, 0.3) is 0 Å². The first-order valence-electron chi connectivity index (χ1n) is 4.89. The lowest BCUT2D eigenvalue weighted by molar-refractivity contribution is 0.159. The molecule has 0 amide bonds. The van der Waals surface area contributed by atoms with Crippen LogP contribution in [0.3, 0.4) is 0 Å². The van der Waals surface area contributed by atoms with Crippen molar-refractivity contribution >= 4 is 20.2 Å². The number of hydrogen-bond donors (Lipinski definition) is 6. The molecule has 2 unspecified atom stereocenters. The molecule has 0 aromatic carbocycles. The van der Waals surface area contributed by atoms with E-state index in [1.807, 2.05) is 0 Å². The molecule has 0 heterocycles. The minimum Gasteiger partial charge on any atom is -0.508 e. The zero-order valence-corrected chi connectivity index (χ0v) is 12.3. The molecule has 12 heteroatoms. The first-order valence-corrected chi connectivity index (χ1v) is 7.84. The van der Waals surface area contributed by atoms with E-state index in [0.717, 1.165) is 0 Å². The Morgan fingerprint density at radius 2 is 1.50 bits per heavy atom. The van der Waals surface area contributed by atoms with Crippen LogP contribution in [0, 0.1) is 0 Å². The second-order valence-electron chi connectivity index (χ2n) is 3.09. The van der Waals surface area contributed by atoms with Crippen molar-refractivity contribution in [3.63, 3.8) is 0 Å². The zero-order valence-electron chi connectivity index (χ0n) is 10.7. The Kier molecular flexibility index (Phi) is 8.17. The predicted octanol–water partition coefficient (Wildman–Crippen LogP) is -2.02. The first kappa shape index (κ1) is 21.3. The molecule has 2 atom stereocenters. The predicted molar refractivity (Wildman–Crippen MR) is 71.9 cm³/mol. The maximum Gasteiger partial charge on any atom is 0.300 e. The van der Waals surface area contributed by atoms with Crippen molar-refractivity contribution in [2.45, 2.75) is 10.2 Å². The Hall–Kier alpha value is -1.02. The molecule has 1 aliphatic rings. The van der Waals surface area contributed by atoms with Gasteiger partial charge in [0.05, 0.1) is 0 Å². The number of rotatable bonds is 2. The van der Waals surface area contributed by atoms with Crippen molar-refractivity contribution in [2.75, 3.05) is 14.1 Å². The molecule has 0 saturated carbocycles. The van der Waals surface area contributed by atoms with Gasteiger partial charge in [0.15, 0.2) is 5.25 Å². The summed E-state index contributed by atoms with van der Waals surface area (Å²) >= 11 is 0. The average molecular weight is 334 g/mol. The van der Waals surface area contributed by atoms with Gasteiger partial charge in [-0.1, -0.05) is 0 Å². The lowest BCUT2D eigenvalue weighted by Gasteiger charge is -2.28. The third-order valence-electron chi connectivity index (χ3n) is 1.96. The summed E-state index contributed by atoms with van der Waals surface area (Å²) in [6, 6.07) is 0. The topological polar surface area (TPSA) is 201 Å². The van der Waals surface area contributed by atoms with E-state index in [-0.39, 0.29) is 0 Å². The highest BCUT2D eigenvalue weighted by Crippen LogP contribution is 2.30. The van der Waals surface area contributed by atoms with Gasteiger partial charge in [-0.05, 0) is 32.3 Å². The van der Waals surface area contributed by atoms with Crippen LogP contribution >= 0.6 is 0 Å². The van der Waals surface area contributed by atoms with Crippen LogP contribution in [-0.4, -0.2) is 60.4 Å². The van der Waals surface area contributed by atoms with Crippen LogP contribution in [0.5, 0.6) is 0 Å². The Balaban J connectivity index is 0. The highest BCUT2D eigenvalue weighted by Gasteiger charge is 2.53. The molecule has 0 aromatic rings. The molecule has 20 heavy (non-hydrogen) atoms. The summed E-state index contributed by atoms with van der Waals surface area (Å²) in [6.45, 7) is 0. The van der Waals surface area contributed by atoms with Gasteiger partial charge >= 0.3 is 10.1 Å². The lowest BCUT2D eigenvalue weighted by atomic mass is 10.1. The third kappa shape index (κ3) is 4.82. The number of allylic oxidation sites excluding steroid dienone is 1. The van der Waals surface area contributed by atoms with Gasteiger partial charge in [0.1, 0.15) is 5.76 Å². The zero-order chi connectivity index (χ0) is 16.8. The Morgan fingerprint density at radius 3 is 1.80 bits per heavy atom. The smallest absolute Gasteiger partial charge is 0.300 e. The van der Waals surface area contributed by atoms with E-state index in [1.165, 1.54) is 14.1 Å². The standard InChI is InChI=1S/C6H8O8S2.2CH5N/c7-4-1-2-6(8,16(12,13)14)5(3-4)15(9,10)11;2*1-2/h1-3,5,7-8H,(H,9,10,11)(H,12,13,14);2*2H2,1H3. The van der Waals surface area contributed by atoms with Gasteiger partial charge in [-0.15, -0.1) is 0 Å². The highest BCUT2D eigenvalue weighted by atomic mass is 32.2. The summed E-state index contributed by atoms with van der Waals surface area (Å²) in [6.07, 6.45) is 1.43. The summed E-state index contributed by atoms with van der Waals surface area (Å²) in [5, 5.41) is 16.1. The van der Waals surface area contributed by atoms with Crippen molar-refractivity contribution in [3.05, 3.63) is 24.0 Å². The van der Waals surface area contributed by atoms with Crippen molar-refractivity contribution in [1.29, 1.82) is 0 Å². The summed E-state index contributed by atoms with van der Waals surface area (Å²) in [5.74, 6) is -0.670. The minimum absolute atomic E-state index is 0.357. The van der Waals surface area contributed by atoms with E-state index < -0.39 is 36.2 Å². The fourth-order valence-electron chi connectivity index (χ4n) is 1.16. The molecule has 1 aliphatic carbocycles. The van der Waals surface area contributed by atoms with E-state index in [9.17, 15) is 21.9 Å². The average Bonchev–Trinajstić information content (AvgIpc) is 2.35. The number of nitrogens with two attached hydrogens (primary N) is 2. The monoisotopic (exact) mass is 334 g/mol. The van der Waals surface area contributed by atoms with Crippen molar-refractivity contribution < 1.29 is 36.2 Å². The molecule has 0 fully saturated rings. The molecule has 120 valence electrons. The normalized spacial score (nSPS) is 25.6. The maximum absolute atomic E-state index is 10.8. The lowest BCUT2D eigenvalue weighted by Crippen LogP contribution is -2.51. The van der Waals surface area contributed by atoms with Crippen LogP contribution in [0.1, 0.15) is 0 Å². The number of hydrogen-bond acceptors (Lipinski definition) is 8. The Bertz CT molecular complexity index is 565. The van der Waals surface area contributed by atoms with Crippen LogP contribution in [-0.2, 0) is 20.2 Å². The molecule has 0 bridgehead atoms. The first-order chi connectivity index (χ1) is 8.98. The molecule has 0 aromatic heterocycles. The summed E-state index contributed by atoms with van der Waals surface area (Å²) in [5.41, 5.74) is 9.00. The van der Waals surface area contributed by atoms with E-state index >= 15 is 0 Å². The molecule has 0 spiro atoms. The SMILES string of the molecule is CN.CN.O=S(=O)(O)C1C=C(O)C=CC1(O)S(=O)(=O)O. The Morgan fingerprint density at radius 1 is 1.10 bits per heavy atom. The number of aliphatic hydroxyl groups excluding tert-OH is 1. The van der Waals surface area contributed by atoms with E-state index in [4.69, 9.17) is 14.2 Å². The fourth-order valence-corrected chi connectivity index (χ4v) is 3.31. The van der Waals surface area contributed by atoms with Gasteiger partial charge in [0.2, 0.25) is 4.93 Å². The van der Waals surface area contributed by atoms with Crippen molar-refractivity contribution in [2.24, 2.45) is 11.5 Å². The van der Waals surface area contributed by atoms with Gasteiger partial charge in [-0.3, -0.25) is 9.11 Å². The van der Waals surface area contributed by atoms with Crippen LogP contribution in [0.15, 0.2) is 24.0 Å². The summed E-state index contributed by atoms with van der Waals surface area (Å²) in [7, 11) is -7.23. The van der Waals surface area contributed by atoms with E-state index in [0.29, 0.717) is 18.2 Å². The Labute approximate surface area is 116 Å². The highest BCUT2D eigenvalue weighted by molar-refractivity contribution is 7.91.